The maximum absolute atomic E-state index is 13.9. The third kappa shape index (κ3) is 5.91. The molecule has 2 aliphatic heterocycles. The number of pyridine rings is 1. The highest BCUT2D eigenvalue weighted by atomic mass is 19.4. The third-order valence-corrected chi connectivity index (χ3v) is 6.92. The number of amides is 4. The van der Waals surface area contributed by atoms with Gasteiger partial charge in [0.2, 0.25) is 5.91 Å². The Kier molecular flexibility index (Phi) is 8.27. The molecule has 2 N–H and O–H groups in total. The highest BCUT2D eigenvalue weighted by molar-refractivity contribution is 6.03. The number of hydrogen-bond donors (Lipinski definition) is 2. The molecule has 0 saturated heterocycles. The van der Waals surface area contributed by atoms with Crippen LogP contribution in [-0.2, 0) is 22.2 Å². The van der Waals surface area contributed by atoms with E-state index in [1.165, 1.54) is 28.0 Å². The van der Waals surface area contributed by atoms with Crippen LogP contribution in [0.3, 0.4) is 0 Å². The van der Waals surface area contributed by atoms with Crippen molar-refractivity contribution >= 4 is 17.8 Å². The molecule has 8 nitrogen and oxygen atoms in total. The highest BCUT2D eigenvalue weighted by Gasteiger charge is 2.48. The van der Waals surface area contributed by atoms with Gasteiger partial charge in [-0.05, 0) is 43.0 Å². The summed E-state index contributed by atoms with van der Waals surface area (Å²) in [5.41, 5.74) is 0.0507. The first-order chi connectivity index (χ1) is 18.5. The Morgan fingerprint density at radius 2 is 1.87 bits per heavy atom. The lowest BCUT2D eigenvalue weighted by atomic mass is 9.91. The van der Waals surface area contributed by atoms with Crippen molar-refractivity contribution in [3.63, 3.8) is 0 Å². The summed E-state index contributed by atoms with van der Waals surface area (Å²) in [6.07, 6.45) is -2.17. The lowest BCUT2D eigenvalue weighted by Gasteiger charge is -2.33. The second-order valence-corrected chi connectivity index (χ2v) is 10.0. The van der Waals surface area contributed by atoms with Gasteiger partial charge in [0.15, 0.2) is 0 Å². The summed E-state index contributed by atoms with van der Waals surface area (Å²) in [4.78, 5) is 47.2. The van der Waals surface area contributed by atoms with Crippen molar-refractivity contribution in [1.82, 2.24) is 25.4 Å². The number of aromatic nitrogens is 1. The van der Waals surface area contributed by atoms with Crippen LogP contribution in [0.4, 0.5) is 18.0 Å². The van der Waals surface area contributed by atoms with Crippen LogP contribution in [0.1, 0.15) is 50.1 Å². The molecule has 1 aromatic heterocycles. The lowest BCUT2D eigenvalue weighted by molar-refractivity contribution is -0.139. The Balaban J connectivity index is 1.64. The monoisotopic (exact) mass is 543 g/mol. The third-order valence-electron chi connectivity index (χ3n) is 6.92. The van der Waals surface area contributed by atoms with E-state index in [4.69, 9.17) is 0 Å². The van der Waals surface area contributed by atoms with E-state index in [0.717, 1.165) is 11.8 Å². The van der Waals surface area contributed by atoms with E-state index in [1.807, 2.05) is 26.0 Å². The maximum Gasteiger partial charge on any atom is 0.416 e. The van der Waals surface area contributed by atoms with Gasteiger partial charge >= 0.3 is 12.2 Å². The molecule has 0 saturated carbocycles. The van der Waals surface area contributed by atoms with Crippen molar-refractivity contribution in [2.75, 3.05) is 19.6 Å². The molecular weight excluding hydrogens is 511 g/mol. The zero-order valence-electron chi connectivity index (χ0n) is 22.1. The van der Waals surface area contributed by atoms with Gasteiger partial charge < -0.3 is 15.5 Å². The molecule has 0 fully saturated rings. The van der Waals surface area contributed by atoms with Crippen LogP contribution in [0.15, 0.2) is 59.9 Å². The van der Waals surface area contributed by atoms with Gasteiger partial charge in [-0.1, -0.05) is 38.1 Å². The number of alkyl halides is 3. The van der Waals surface area contributed by atoms with E-state index in [2.05, 4.69) is 15.6 Å². The van der Waals surface area contributed by atoms with Crippen molar-refractivity contribution in [2.24, 2.45) is 5.92 Å². The van der Waals surface area contributed by atoms with Crippen LogP contribution in [0.25, 0.3) is 0 Å². The van der Waals surface area contributed by atoms with Gasteiger partial charge in [0.25, 0.3) is 5.91 Å². The molecule has 0 unspecified atom stereocenters. The van der Waals surface area contributed by atoms with Gasteiger partial charge in [-0.15, -0.1) is 0 Å². The summed E-state index contributed by atoms with van der Waals surface area (Å²) >= 11 is 0. The van der Waals surface area contributed by atoms with Gasteiger partial charge in [-0.25, -0.2) is 4.79 Å². The second-order valence-electron chi connectivity index (χ2n) is 10.0. The van der Waals surface area contributed by atoms with Crippen LogP contribution in [-0.4, -0.2) is 58.3 Å². The molecule has 0 aliphatic carbocycles. The van der Waals surface area contributed by atoms with Crippen LogP contribution in [0, 0.1) is 5.92 Å². The molecule has 2 atom stereocenters. The van der Waals surface area contributed by atoms with Gasteiger partial charge in [-0.3, -0.25) is 19.5 Å². The summed E-state index contributed by atoms with van der Waals surface area (Å²) in [5, 5.41) is 5.49. The van der Waals surface area contributed by atoms with Crippen molar-refractivity contribution in [3.05, 3.63) is 76.8 Å². The number of nitrogens with one attached hydrogen (secondary N) is 2. The molecule has 1 aromatic carbocycles. The molecule has 0 spiro atoms. The standard InChI is InChI=1S/C28H32F3N5O3/c1-4-35-22-16-36(21(15-17(2)3)25(37)33-14-12-18-9-7-8-13-32-18)26(38)23(22)24(34-27(35)39)19-10-5-6-11-20(19)28(29,30)31/h5-11,13,17,21,24H,4,12,14-16H2,1-3H3,(H,33,37)(H,34,39)/t21-,24+/m1/s1. The van der Waals surface area contributed by atoms with Gasteiger partial charge in [0.05, 0.1) is 29.4 Å². The minimum Gasteiger partial charge on any atom is -0.354 e. The van der Waals surface area contributed by atoms with Crippen molar-refractivity contribution in [3.8, 4) is 0 Å². The Hall–Kier alpha value is -3.89. The van der Waals surface area contributed by atoms with Gasteiger partial charge in [-0.2, -0.15) is 13.2 Å². The average Bonchev–Trinajstić information content (AvgIpc) is 3.23. The van der Waals surface area contributed by atoms with E-state index >= 15 is 0 Å². The van der Waals surface area contributed by atoms with Crippen LogP contribution in [0.5, 0.6) is 0 Å². The Morgan fingerprint density at radius 3 is 2.51 bits per heavy atom. The SMILES string of the molecule is CCN1C(=O)N[C@@H](c2ccccc2C(F)(F)F)C2=C1CN([C@H](CC(C)C)C(=O)NCCc1ccccn1)C2=O. The van der Waals surface area contributed by atoms with Crippen LogP contribution >= 0.6 is 0 Å². The molecular formula is C28H32F3N5O3. The van der Waals surface area contributed by atoms with E-state index in [9.17, 15) is 27.6 Å². The minimum absolute atomic E-state index is 0.0470. The Bertz CT molecular complexity index is 1260. The largest absolute Gasteiger partial charge is 0.416 e. The summed E-state index contributed by atoms with van der Waals surface area (Å²) in [5.74, 6) is -0.871. The summed E-state index contributed by atoms with van der Waals surface area (Å²) in [7, 11) is 0. The predicted octanol–water partition coefficient (Wildman–Crippen LogP) is 4.06. The molecule has 39 heavy (non-hydrogen) atoms. The van der Waals surface area contributed by atoms with E-state index < -0.39 is 35.8 Å². The van der Waals surface area contributed by atoms with Crippen molar-refractivity contribution in [2.45, 2.75) is 51.9 Å². The minimum atomic E-state index is -4.68. The number of halogens is 3. The fourth-order valence-electron chi connectivity index (χ4n) is 5.14. The van der Waals surface area contributed by atoms with E-state index in [1.54, 1.807) is 19.2 Å². The zero-order valence-corrected chi connectivity index (χ0v) is 22.1. The van der Waals surface area contributed by atoms with Gasteiger partial charge in [0, 0.05) is 31.4 Å². The molecule has 11 heteroatoms. The highest BCUT2D eigenvalue weighted by Crippen LogP contribution is 2.42. The molecule has 2 aromatic rings. The zero-order chi connectivity index (χ0) is 28.3. The first-order valence-corrected chi connectivity index (χ1v) is 13.0. The summed E-state index contributed by atoms with van der Waals surface area (Å²) < 4.78 is 41.7. The Labute approximate surface area is 225 Å². The number of nitrogens with zero attached hydrogens (tertiary/aromatic N) is 3. The number of benzene rings is 1. The molecule has 208 valence electrons. The smallest absolute Gasteiger partial charge is 0.354 e. The molecule has 4 amide bonds. The molecule has 2 aliphatic rings. The summed E-state index contributed by atoms with van der Waals surface area (Å²) in [6.45, 7) is 6.04. The number of likely N-dealkylation sites (N-methyl/N-ethyl adjacent to an activating group) is 1. The second kappa shape index (κ2) is 11.5. The maximum atomic E-state index is 13.9. The van der Waals surface area contributed by atoms with Crippen LogP contribution < -0.4 is 10.6 Å². The molecule has 3 heterocycles. The molecule has 0 radical (unpaired) electrons. The number of rotatable bonds is 9. The van der Waals surface area contributed by atoms with Crippen molar-refractivity contribution < 1.29 is 27.6 Å². The number of hydrogen-bond acceptors (Lipinski definition) is 4. The fourth-order valence-corrected chi connectivity index (χ4v) is 5.14. The Morgan fingerprint density at radius 1 is 1.15 bits per heavy atom. The molecule has 4 rings (SSSR count). The first kappa shape index (κ1) is 28.1. The predicted molar refractivity (Wildman–Crippen MR) is 138 cm³/mol. The number of carbonyl (C=O) groups excluding carboxylic acids is 3. The topological polar surface area (TPSA) is 94.6 Å². The number of urea groups is 1. The van der Waals surface area contributed by atoms with E-state index in [-0.39, 0.29) is 36.1 Å². The normalized spacial score (nSPS) is 18.4. The van der Waals surface area contributed by atoms with E-state index in [0.29, 0.717) is 25.1 Å². The first-order valence-electron chi connectivity index (χ1n) is 13.0. The number of carbonyl (C=O) groups is 3. The van der Waals surface area contributed by atoms with Crippen LogP contribution in [0.2, 0.25) is 0 Å². The molecule has 0 bridgehead atoms. The fraction of sp³-hybridized carbons (Fsp3) is 0.429. The van der Waals surface area contributed by atoms with Gasteiger partial charge in [0.1, 0.15) is 6.04 Å². The summed E-state index contributed by atoms with van der Waals surface area (Å²) in [6, 6.07) is 7.67. The van der Waals surface area contributed by atoms with Crippen molar-refractivity contribution in [1.29, 1.82) is 0 Å². The quantitative estimate of drug-likeness (QED) is 0.499. The lowest BCUT2D eigenvalue weighted by Crippen LogP contribution is -2.49. The average molecular weight is 544 g/mol.